The second-order valence-corrected chi connectivity index (χ2v) is 7.55. The quantitative estimate of drug-likeness (QED) is 0.558. The SMILES string of the molecule is NS(=O)(=O)c1ccc(CCNC(=O)c2ccc(Nc3ccccc3)nn2)cc1. The fourth-order valence-corrected chi connectivity index (χ4v) is 2.96. The highest BCUT2D eigenvalue weighted by molar-refractivity contribution is 7.89. The monoisotopic (exact) mass is 397 g/mol. The van der Waals surface area contributed by atoms with Crippen molar-refractivity contribution in [1.82, 2.24) is 15.5 Å². The predicted molar refractivity (Wildman–Crippen MR) is 106 cm³/mol. The van der Waals surface area contributed by atoms with Gasteiger partial charge in [-0.05, 0) is 48.4 Å². The van der Waals surface area contributed by atoms with Gasteiger partial charge in [0.05, 0.1) is 4.90 Å². The van der Waals surface area contributed by atoms with Crippen molar-refractivity contribution in [2.45, 2.75) is 11.3 Å². The zero-order valence-corrected chi connectivity index (χ0v) is 15.7. The van der Waals surface area contributed by atoms with Crippen LogP contribution in [-0.4, -0.2) is 31.1 Å². The molecule has 1 heterocycles. The number of anilines is 2. The molecule has 0 fully saturated rings. The Kier molecular flexibility index (Phi) is 5.97. The van der Waals surface area contributed by atoms with E-state index in [9.17, 15) is 13.2 Å². The van der Waals surface area contributed by atoms with Gasteiger partial charge in [0.15, 0.2) is 11.5 Å². The normalized spacial score (nSPS) is 11.0. The fourth-order valence-electron chi connectivity index (χ4n) is 2.45. The standard InChI is InChI=1S/C19H19N5O3S/c20-28(26,27)16-8-6-14(7-9-16)12-13-21-19(25)17-10-11-18(24-23-17)22-15-4-2-1-3-5-15/h1-11H,12-13H2,(H,21,25)(H,22,24)(H2,20,26,27). The minimum absolute atomic E-state index is 0.0553. The van der Waals surface area contributed by atoms with Crippen LogP contribution in [0, 0.1) is 0 Å². The van der Waals surface area contributed by atoms with Crippen molar-refractivity contribution in [3.63, 3.8) is 0 Å². The summed E-state index contributed by atoms with van der Waals surface area (Å²) in [6.45, 7) is 0.374. The minimum Gasteiger partial charge on any atom is -0.350 e. The topological polar surface area (TPSA) is 127 Å². The molecule has 1 amide bonds. The number of nitrogens with one attached hydrogen (secondary N) is 2. The molecule has 3 aromatic rings. The van der Waals surface area contributed by atoms with Crippen LogP contribution in [0.25, 0.3) is 0 Å². The molecule has 0 radical (unpaired) electrons. The number of amides is 1. The first-order chi connectivity index (χ1) is 13.4. The van der Waals surface area contributed by atoms with E-state index in [0.29, 0.717) is 18.8 Å². The van der Waals surface area contributed by atoms with E-state index in [2.05, 4.69) is 20.8 Å². The Bertz CT molecular complexity index is 1040. The van der Waals surface area contributed by atoms with E-state index in [1.165, 1.54) is 12.1 Å². The number of hydrogen-bond acceptors (Lipinski definition) is 6. The molecule has 8 nitrogen and oxygen atoms in total. The van der Waals surface area contributed by atoms with Crippen molar-refractivity contribution in [2.24, 2.45) is 5.14 Å². The molecule has 4 N–H and O–H groups in total. The highest BCUT2D eigenvalue weighted by atomic mass is 32.2. The molecule has 9 heteroatoms. The summed E-state index contributed by atoms with van der Waals surface area (Å²) in [4.78, 5) is 12.2. The maximum atomic E-state index is 12.2. The number of nitrogens with zero attached hydrogens (tertiary/aromatic N) is 2. The first-order valence-corrected chi connectivity index (χ1v) is 10.0. The molecule has 3 rings (SSSR count). The number of benzene rings is 2. The van der Waals surface area contributed by atoms with E-state index < -0.39 is 10.0 Å². The van der Waals surface area contributed by atoms with Crippen LogP contribution in [0.2, 0.25) is 0 Å². The number of rotatable bonds is 7. The summed E-state index contributed by atoms with van der Waals surface area (Å²) < 4.78 is 22.5. The fraction of sp³-hybridized carbons (Fsp3) is 0.105. The third-order valence-corrected chi connectivity index (χ3v) is 4.82. The van der Waals surface area contributed by atoms with Gasteiger partial charge >= 0.3 is 0 Å². The lowest BCUT2D eigenvalue weighted by Crippen LogP contribution is -2.26. The average Bonchev–Trinajstić information content (AvgIpc) is 2.69. The number of nitrogens with two attached hydrogens (primary N) is 1. The number of para-hydroxylation sites is 1. The molecule has 0 spiro atoms. The molecule has 1 aromatic heterocycles. The Morgan fingerprint density at radius 2 is 1.64 bits per heavy atom. The van der Waals surface area contributed by atoms with Gasteiger partial charge in [-0.25, -0.2) is 13.6 Å². The van der Waals surface area contributed by atoms with E-state index in [4.69, 9.17) is 5.14 Å². The maximum absolute atomic E-state index is 12.2. The van der Waals surface area contributed by atoms with Crippen molar-refractivity contribution in [1.29, 1.82) is 0 Å². The van der Waals surface area contributed by atoms with Crippen molar-refractivity contribution in [3.05, 3.63) is 78.0 Å². The largest absolute Gasteiger partial charge is 0.350 e. The Hall–Kier alpha value is -3.30. The van der Waals surface area contributed by atoms with Crippen LogP contribution >= 0.6 is 0 Å². The molecule has 144 valence electrons. The van der Waals surface area contributed by atoms with Gasteiger partial charge in [0.2, 0.25) is 10.0 Å². The summed E-state index contributed by atoms with van der Waals surface area (Å²) >= 11 is 0. The number of aromatic nitrogens is 2. The van der Waals surface area contributed by atoms with Gasteiger partial charge in [-0.1, -0.05) is 30.3 Å². The molecule has 0 aliphatic carbocycles. The van der Waals surface area contributed by atoms with E-state index in [1.54, 1.807) is 24.3 Å². The van der Waals surface area contributed by atoms with Gasteiger partial charge in [0.25, 0.3) is 5.91 Å². The number of sulfonamides is 1. The third kappa shape index (κ3) is 5.35. The lowest BCUT2D eigenvalue weighted by molar-refractivity contribution is 0.0948. The number of carbonyl (C=O) groups excluding carboxylic acids is 1. The first kappa shape index (κ1) is 19.5. The van der Waals surface area contributed by atoms with Gasteiger partial charge in [-0.15, -0.1) is 10.2 Å². The molecular formula is C19H19N5O3S. The molecule has 0 bridgehead atoms. The lowest BCUT2D eigenvalue weighted by atomic mass is 10.1. The summed E-state index contributed by atoms with van der Waals surface area (Å²) in [6, 6.07) is 19.0. The molecule has 28 heavy (non-hydrogen) atoms. The first-order valence-electron chi connectivity index (χ1n) is 8.47. The van der Waals surface area contributed by atoms with E-state index in [0.717, 1.165) is 11.3 Å². The summed E-state index contributed by atoms with van der Waals surface area (Å²) in [5.41, 5.74) is 1.96. The molecule has 0 atom stereocenters. The van der Waals surface area contributed by atoms with Crippen LogP contribution < -0.4 is 15.8 Å². The molecule has 0 aliphatic heterocycles. The van der Waals surface area contributed by atoms with Crippen LogP contribution in [0.4, 0.5) is 11.5 Å². The molecule has 0 saturated carbocycles. The summed E-state index contributed by atoms with van der Waals surface area (Å²) in [5.74, 6) is 0.206. The Morgan fingerprint density at radius 1 is 0.929 bits per heavy atom. The van der Waals surface area contributed by atoms with Gasteiger partial charge in [0.1, 0.15) is 0 Å². The van der Waals surface area contributed by atoms with E-state index >= 15 is 0 Å². The summed E-state index contributed by atoms with van der Waals surface area (Å²) in [6.07, 6.45) is 0.539. The summed E-state index contributed by atoms with van der Waals surface area (Å²) in [5, 5.41) is 18.8. The second-order valence-electron chi connectivity index (χ2n) is 5.99. The Labute approximate surface area is 162 Å². The van der Waals surface area contributed by atoms with Crippen molar-refractivity contribution in [2.75, 3.05) is 11.9 Å². The predicted octanol–water partition coefficient (Wildman–Crippen LogP) is 1.84. The number of primary sulfonamides is 1. The average molecular weight is 397 g/mol. The van der Waals surface area contributed by atoms with Crippen LogP contribution in [0.3, 0.4) is 0 Å². The second kappa shape index (κ2) is 8.59. The van der Waals surface area contributed by atoms with Crippen LogP contribution in [0.15, 0.2) is 71.6 Å². The van der Waals surface area contributed by atoms with Crippen LogP contribution in [0.5, 0.6) is 0 Å². The van der Waals surface area contributed by atoms with Crippen LogP contribution in [-0.2, 0) is 16.4 Å². The smallest absolute Gasteiger partial charge is 0.271 e. The van der Waals surface area contributed by atoms with Crippen molar-refractivity contribution < 1.29 is 13.2 Å². The molecule has 2 aromatic carbocycles. The Morgan fingerprint density at radius 3 is 2.25 bits per heavy atom. The zero-order valence-electron chi connectivity index (χ0n) is 14.9. The highest BCUT2D eigenvalue weighted by Crippen LogP contribution is 2.13. The van der Waals surface area contributed by atoms with Crippen molar-refractivity contribution >= 4 is 27.4 Å². The van der Waals surface area contributed by atoms with Crippen molar-refractivity contribution in [3.8, 4) is 0 Å². The molecule has 0 saturated heterocycles. The number of carbonyl (C=O) groups is 1. The number of hydrogen-bond donors (Lipinski definition) is 3. The van der Waals surface area contributed by atoms with E-state index in [1.807, 2.05) is 30.3 Å². The Balaban J connectivity index is 1.51. The summed E-state index contributed by atoms with van der Waals surface area (Å²) in [7, 11) is -3.70. The highest BCUT2D eigenvalue weighted by Gasteiger charge is 2.09. The zero-order chi connectivity index (χ0) is 20.0. The van der Waals surface area contributed by atoms with Gasteiger partial charge in [-0.2, -0.15) is 0 Å². The molecule has 0 aliphatic rings. The van der Waals surface area contributed by atoms with Gasteiger partial charge < -0.3 is 10.6 Å². The van der Waals surface area contributed by atoms with E-state index in [-0.39, 0.29) is 16.5 Å². The third-order valence-electron chi connectivity index (χ3n) is 3.89. The maximum Gasteiger partial charge on any atom is 0.271 e. The van der Waals surface area contributed by atoms with Gasteiger partial charge in [0, 0.05) is 12.2 Å². The molecule has 0 unspecified atom stereocenters. The lowest BCUT2D eigenvalue weighted by Gasteiger charge is -2.07. The van der Waals surface area contributed by atoms with Gasteiger partial charge in [-0.3, -0.25) is 4.79 Å². The van der Waals surface area contributed by atoms with Crippen LogP contribution in [0.1, 0.15) is 16.1 Å². The molecular weight excluding hydrogens is 378 g/mol. The minimum atomic E-state index is -3.70.